The van der Waals surface area contributed by atoms with Crippen molar-refractivity contribution in [3.05, 3.63) is 0 Å². The summed E-state index contributed by atoms with van der Waals surface area (Å²) < 4.78 is 4.58. The molecular weight excluding hydrogens is 168 g/mol. The Morgan fingerprint density at radius 3 is 2.00 bits per heavy atom. The Hall–Kier alpha value is -0.240. The zero-order valence-electron chi connectivity index (χ0n) is 6.24. The van der Waals surface area contributed by atoms with E-state index in [9.17, 15) is 0 Å². The van der Waals surface area contributed by atoms with Gasteiger partial charge in [-0.1, -0.05) is 0 Å². The number of rotatable bonds is 1. The minimum atomic E-state index is -1.57. The molecule has 3 unspecified atom stereocenters. The second-order valence-corrected chi connectivity index (χ2v) is 2.72. The largest absolute Gasteiger partial charge is 0.394 e. The van der Waals surface area contributed by atoms with Crippen molar-refractivity contribution in [3.63, 3.8) is 0 Å². The summed E-state index contributed by atoms with van der Waals surface area (Å²) in [6.07, 6.45) is -7.04. The molecule has 0 aromatic carbocycles. The summed E-state index contributed by atoms with van der Waals surface area (Å²) in [6, 6.07) is 0. The lowest BCUT2D eigenvalue weighted by molar-refractivity contribution is -0.286. The molecule has 5 N–H and O–H groups in total. The van der Waals surface area contributed by atoms with Crippen molar-refractivity contribution in [2.24, 2.45) is 0 Å². The van der Waals surface area contributed by atoms with Gasteiger partial charge in [-0.05, 0) is 0 Å². The lowest BCUT2D eigenvalue weighted by atomic mass is 10.00. The Labute approximate surface area is 68.6 Å². The Balaban J connectivity index is 2.63. The van der Waals surface area contributed by atoms with E-state index in [1.54, 1.807) is 0 Å². The van der Waals surface area contributed by atoms with Crippen LogP contribution in [0.25, 0.3) is 0 Å². The fraction of sp³-hybridized carbons (Fsp3) is 1.00. The van der Waals surface area contributed by atoms with Gasteiger partial charge in [0.1, 0.15) is 24.4 Å². The number of hydrogen-bond acceptors (Lipinski definition) is 6. The summed E-state index contributed by atoms with van der Waals surface area (Å²) in [5.74, 6) is 0. The third kappa shape index (κ3) is 1.58. The van der Waals surface area contributed by atoms with Gasteiger partial charge in [0.25, 0.3) is 0 Å². The maximum Gasteiger partial charge on any atom is 0.184 e. The minimum Gasteiger partial charge on any atom is -0.394 e. The molecule has 0 aromatic heterocycles. The lowest BCUT2D eigenvalue weighted by Gasteiger charge is -2.37. The van der Waals surface area contributed by atoms with Crippen molar-refractivity contribution in [2.45, 2.75) is 30.7 Å². The van der Waals surface area contributed by atoms with Gasteiger partial charge in [-0.2, -0.15) is 0 Å². The highest BCUT2D eigenvalue weighted by Crippen LogP contribution is 2.18. The Morgan fingerprint density at radius 2 is 1.50 bits per heavy atom. The Morgan fingerprint density at radius 1 is 0.917 bits per heavy atom. The van der Waals surface area contributed by atoms with Crippen molar-refractivity contribution in [2.75, 3.05) is 6.61 Å². The second-order valence-electron chi connectivity index (χ2n) is 2.72. The third-order valence-corrected chi connectivity index (χ3v) is 1.87. The summed E-state index contributed by atoms with van der Waals surface area (Å²) in [5.41, 5.74) is 0. The first-order chi connectivity index (χ1) is 5.57. The van der Waals surface area contributed by atoms with E-state index in [1.165, 1.54) is 0 Å². The molecule has 1 rings (SSSR count). The first-order valence-electron chi connectivity index (χ1n) is 3.56. The van der Waals surface area contributed by atoms with Crippen LogP contribution in [0, 0.1) is 0 Å². The fourth-order valence-corrected chi connectivity index (χ4v) is 1.08. The zero-order chi connectivity index (χ0) is 9.30. The van der Waals surface area contributed by atoms with Crippen LogP contribution < -0.4 is 0 Å². The van der Waals surface area contributed by atoms with E-state index in [0.29, 0.717) is 0 Å². The van der Waals surface area contributed by atoms with E-state index in [-0.39, 0.29) is 0 Å². The summed E-state index contributed by atoms with van der Waals surface area (Å²) in [4.78, 5) is 0. The number of hydrogen-bond donors (Lipinski definition) is 5. The fourth-order valence-electron chi connectivity index (χ4n) is 1.08. The molecule has 0 spiro atoms. The molecule has 1 saturated heterocycles. The molecular formula is C6H12O6. The number of ether oxygens (including phenoxy) is 1. The molecule has 0 radical (unpaired) electrons. The zero-order valence-corrected chi connectivity index (χ0v) is 6.24. The smallest absolute Gasteiger partial charge is 0.184 e. The first kappa shape index (κ1) is 9.85. The van der Waals surface area contributed by atoms with E-state index in [2.05, 4.69) is 4.74 Å². The molecule has 0 amide bonds. The Kier molecular flexibility index (Phi) is 2.99. The molecule has 1 aliphatic heterocycles. The molecule has 6 heteroatoms. The molecule has 6 nitrogen and oxygen atoms in total. The van der Waals surface area contributed by atoms with E-state index >= 15 is 0 Å². The van der Waals surface area contributed by atoms with Crippen molar-refractivity contribution in [3.8, 4) is 0 Å². The molecule has 0 saturated carbocycles. The highest BCUT2D eigenvalue weighted by Gasteiger charge is 2.42. The van der Waals surface area contributed by atoms with E-state index in [4.69, 9.17) is 25.5 Å². The van der Waals surface area contributed by atoms with Crippen LogP contribution in [0.5, 0.6) is 0 Å². The summed E-state index contributed by atoms with van der Waals surface area (Å²) >= 11 is 0. The van der Waals surface area contributed by atoms with Crippen molar-refractivity contribution >= 4 is 0 Å². The van der Waals surface area contributed by atoms with Crippen molar-refractivity contribution in [1.82, 2.24) is 0 Å². The van der Waals surface area contributed by atoms with Crippen LogP contribution in [-0.2, 0) is 4.74 Å². The number of aliphatic hydroxyl groups is 5. The van der Waals surface area contributed by atoms with Gasteiger partial charge < -0.3 is 30.3 Å². The van der Waals surface area contributed by atoms with Crippen LogP contribution in [0.3, 0.4) is 0 Å². The molecule has 0 aliphatic carbocycles. The average molecular weight is 180 g/mol. The van der Waals surface area contributed by atoms with Gasteiger partial charge in [0.2, 0.25) is 0 Å². The van der Waals surface area contributed by atoms with Crippen molar-refractivity contribution in [1.29, 1.82) is 0 Å². The van der Waals surface area contributed by atoms with E-state index in [0.717, 1.165) is 0 Å². The van der Waals surface area contributed by atoms with Crippen LogP contribution in [0.15, 0.2) is 0 Å². The second kappa shape index (κ2) is 3.65. The highest BCUT2D eigenvalue weighted by molar-refractivity contribution is 4.87. The van der Waals surface area contributed by atoms with Gasteiger partial charge in [0.15, 0.2) is 6.29 Å². The van der Waals surface area contributed by atoms with E-state index < -0.39 is 37.3 Å². The average Bonchev–Trinajstić information content (AvgIpc) is 2.08. The predicted octanol–water partition coefficient (Wildman–Crippen LogP) is -3.22. The molecule has 12 heavy (non-hydrogen) atoms. The lowest BCUT2D eigenvalue weighted by Crippen LogP contribution is -2.58. The molecule has 72 valence electrons. The first-order valence-corrected chi connectivity index (χ1v) is 3.56. The molecule has 1 heterocycles. The van der Waals surface area contributed by atoms with Gasteiger partial charge in [-0.25, -0.2) is 0 Å². The highest BCUT2D eigenvalue weighted by atomic mass is 16.6. The van der Waals surface area contributed by atoms with E-state index in [1.807, 2.05) is 0 Å². The molecule has 0 aromatic rings. The van der Waals surface area contributed by atoms with Gasteiger partial charge in [0.05, 0.1) is 6.61 Å². The third-order valence-electron chi connectivity index (χ3n) is 1.87. The van der Waals surface area contributed by atoms with Crippen molar-refractivity contribution < 1.29 is 30.3 Å². The molecule has 1 aliphatic rings. The maximum absolute atomic E-state index is 9.12. The van der Waals surface area contributed by atoms with Crippen LogP contribution in [-0.4, -0.2) is 62.8 Å². The molecule has 1 fully saturated rings. The monoisotopic (exact) mass is 180 g/mol. The predicted molar refractivity (Wildman–Crippen MR) is 36.0 cm³/mol. The molecule has 0 bridgehead atoms. The molecule has 5 atom stereocenters. The number of aliphatic hydroxyl groups excluding tert-OH is 5. The van der Waals surface area contributed by atoms with Gasteiger partial charge in [-0.15, -0.1) is 0 Å². The summed E-state index contributed by atoms with van der Waals surface area (Å²) in [7, 11) is 0. The van der Waals surface area contributed by atoms with Gasteiger partial charge in [0, 0.05) is 0 Å². The SMILES string of the molecule is OCC1O[C@@H](O)[C@H](O)C(O)C1O. The standard InChI is InChI=1S/C6H12O6/c7-1-2-3(8)4(9)5(10)6(11)12-2/h2-11H,1H2/t2?,3?,4?,5-,6-/m1/s1. The van der Waals surface area contributed by atoms with Gasteiger partial charge in [-0.3, -0.25) is 0 Å². The Bertz CT molecular complexity index is 146. The van der Waals surface area contributed by atoms with Crippen LogP contribution in [0.1, 0.15) is 0 Å². The summed E-state index contributed by atoms with van der Waals surface area (Å²) in [6.45, 7) is -0.526. The minimum absolute atomic E-state index is 0.526. The van der Waals surface area contributed by atoms with Crippen LogP contribution >= 0.6 is 0 Å². The van der Waals surface area contributed by atoms with Gasteiger partial charge >= 0.3 is 0 Å². The van der Waals surface area contributed by atoms with Crippen LogP contribution in [0.4, 0.5) is 0 Å². The quantitative estimate of drug-likeness (QED) is 0.290. The maximum atomic E-state index is 9.12. The topological polar surface area (TPSA) is 110 Å². The normalized spacial score (nSPS) is 49.2. The van der Waals surface area contributed by atoms with Crippen LogP contribution in [0.2, 0.25) is 0 Å². The summed E-state index contributed by atoms with van der Waals surface area (Å²) in [5, 5.41) is 44.7.